The molecule has 1 rings (SSSR count). The van der Waals surface area contributed by atoms with Crippen molar-refractivity contribution in [3.8, 4) is 5.75 Å². The minimum absolute atomic E-state index is 0.283. The van der Waals surface area contributed by atoms with Crippen LogP contribution in [0, 0.1) is 3.57 Å². The zero-order valence-corrected chi connectivity index (χ0v) is 10.3. The van der Waals surface area contributed by atoms with Gasteiger partial charge in [-0.2, -0.15) is 0 Å². The number of halogens is 1. The van der Waals surface area contributed by atoms with Crippen molar-refractivity contribution in [2.24, 2.45) is 0 Å². The van der Waals surface area contributed by atoms with Crippen LogP contribution in [-0.4, -0.2) is 12.2 Å². The van der Waals surface area contributed by atoms with E-state index in [-0.39, 0.29) is 5.97 Å². The van der Waals surface area contributed by atoms with E-state index in [2.05, 4.69) is 22.6 Å². The highest BCUT2D eigenvalue weighted by molar-refractivity contribution is 14.1. The standard InChI is InChI=1S/C9H9IO2S/c1-6(11)12-9-4-3-7(13-2)5-8(9)10/h3-5H,1-2H3. The van der Waals surface area contributed by atoms with E-state index in [1.54, 1.807) is 11.8 Å². The number of esters is 1. The Morgan fingerprint density at radius 1 is 1.54 bits per heavy atom. The molecular weight excluding hydrogens is 299 g/mol. The lowest BCUT2D eigenvalue weighted by Crippen LogP contribution is -2.02. The molecule has 0 aliphatic carbocycles. The molecule has 0 unspecified atom stereocenters. The second kappa shape index (κ2) is 4.85. The highest BCUT2D eigenvalue weighted by atomic mass is 127. The number of carbonyl (C=O) groups is 1. The van der Waals surface area contributed by atoms with E-state index in [1.165, 1.54) is 11.8 Å². The molecule has 13 heavy (non-hydrogen) atoms. The molecule has 70 valence electrons. The predicted octanol–water partition coefficient (Wildman–Crippen LogP) is 2.94. The largest absolute Gasteiger partial charge is 0.426 e. The first-order chi connectivity index (χ1) is 6.13. The van der Waals surface area contributed by atoms with E-state index in [4.69, 9.17) is 4.74 Å². The van der Waals surface area contributed by atoms with Crippen LogP contribution in [0.25, 0.3) is 0 Å². The van der Waals surface area contributed by atoms with Crippen molar-refractivity contribution < 1.29 is 9.53 Å². The average molecular weight is 308 g/mol. The summed E-state index contributed by atoms with van der Waals surface area (Å²) in [7, 11) is 0. The van der Waals surface area contributed by atoms with Crippen molar-refractivity contribution in [3.63, 3.8) is 0 Å². The first kappa shape index (κ1) is 10.8. The van der Waals surface area contributed by atoms with Crippen molar-refractivity contribution in [2.75, 3.05) is 6.26 Å². The molecule has 0 heterocycles. The van der Waals surface area contributed by atoms with Gasteiger partial charge in [0.15, 0.2) is 0 Å². The van der Waals surface area contributed by atoms with Crippen molar-refractivity contribution in [3.05, 3.63) is 21.8 Å². The predicted molar refractivity (Wildman–Crippen MR) is 62.2 cm³/mol. The van der Waals surface area contributed by atoms with Crippen LogP contribution in [-0.2, 0) is 4.79 Å². The third-order valence-electron chi connectivity index (χ3n) is 1.39. The lowest BCUT2D eigenvalue weighted by Gasteiger charge is -2.04. The smallest absolute Gasteiger partial charge is 0.308 e. The van der Waals surface area contributed by atoms with Crippen LogP contribution in [0.3, 0.4) is 0 Å². The fourth-order valence-corrected chi connectivity index (χ4v) is 2.12. The normalized spacial score (nSPS) is 9.77. The Balaban J connectivity index is 2.91. The lowest BCUT2D eigenvalue weighted by molar-refractivity contribution is -0.131. The molecule has 0 saturated carbocycles. The molecule has 1 aromatic rings. The van der Waals surface area contributed by atoms with Gasteiger partial charge in [0.25, 0.3) is 0 Å². The van der Waals surface area contributed by atoms with Gasteiger partial charge < -0.3 is 4.74 Å². The van der Waals surface area contributed by atoms with E-state index in [0.717, 1.165) is 3.57 Å². The Morgan fingerprint density at radius 2 is 2.23 bits per heavy atom. The zero-order chi connectivity index (χ0) is 9.84. The molecule has 1 aromatic carbocycles. The summed E-state index contributed by atoms with van der Waals surface area (Å²) in [5.74, 6) is 0.348. The van der Waals surface area contributed by atoms with E-state index < -0.39 is 0 Å². The molecule has 0 amide bonds. The summed E-state index contributed by atoms with van der Waals surface area (Å²) < 4.78 is 5.95. The van der Waals surface area contributed by atoms with Crippen LogP contribution in [0.1, 0.15) is 6.92 Å². The van der Waals surface area contributed by atoms with E-state index in [9.17, 15) is 4.79 Å². The van der Waals surface area contributed by atoms with Gasteiger partial charge in [0.05, 0.1) is 3.57 Å². The number of thioether (sulfide) groups is 1. The Morgan fingerprint density at radius 3 is 2.69 bits per heavy atom. The molecule has 0 spiro atoms. The SMILES string of the molecule is CSc1ccc(OC(C)=O)c(I)c1. The van der Waals surface area contributed by atoms with Gasteiger partial charge in [-0.15, -0.1) is 11.8 Å². The van der Waals surface area contributed by atoms with Crippen molar-refractivity contribution in [1.82, 2.24) is 0 Å². The molecule has 0 radical (unpaired) electrons. The summed E-state index contributed by atoms with van der Waals surface area (Å²) in [6, 6.07) is 5.74. The molecule has 2 nitrogen and oxygen atoms in total. The number of ether oxygens (including phenoxy) is 1. The van der Waals surface area contributed by atoms with Crippen molar-refractivity contribution in [2.45, 2.75) is 11.8 Å². The van der Waals surface area contributed by atoms with Crippen molar-refractivity contribution in [1.29, 1.82) is 0 Å². The van der Waals surface area contributed by atoms with Gasteiger partial charge in [0.2, 0.25) is 0 Å². The third-order valence-corrected chi connectivity index (χ3v) is 2.96. The first-order valence-electron chi connectivity index (χ1n) is 3.65. The molecular formula is C9H9IO2S. The Labute approximate surface area is 95.2 Å². The van der Waals surface area contributed by atoms with E-state index in [0.29, 0.717) is 5.75 Å². The maximum absolute atomic E-state index is 10.7. The van der Waals surface area contributed by atoms with Crippen LogP contribution in [0.2, 0.25) is 0 Å². The lowest BCUT2D eigenvalue weighted by atomic mass is 10.3. The van der Waals surface area contributed by atoms with Gasteiger partial charge >= 0.3 is 5.97 Å². The average Bonchev–Trinajstić information content (AvgIpc) is 2.08. The second-order valence-electron chi connectivity index (χ2n) is 2.39. The maximum atomic E-state index is 10.7. The monoisotopic (exact) mass is 308 g/mol. The summed E-state index contributed by atoms with van der Waals surface area (Å²) in [5.41, 5.74) is 0. The molecule has 0 fully saturated rings. The fourth-order valence-electron chi connectivity index (χ4n) is 0.846. The van der Waals surface area contributed by atoms with Crippen LogP contribution < -0.4 is 4.74 Å². The quantitative estimate of drug-likeness (QED) is 0.364. The molecule has 0 aromatic heterocycles. The minimum Gasteiger partial charge on any atom is -0.426 e. The van der Waals surface area contributed by atoms with Gasteiger partial charge in [-0.3, -0.25) is 4.79 Å². The molecule has 0 bridgehead atoms. The summed E-state index contributed by atoms with van der Waals surface area (Å²) in [6.45, 7) is 1.40. The van der Waals surface area contributed by atoms with Gasteiger partial charge in [0, 0.05) is 11.8 Å². The van der Waals surface area contributed by atoms with Gasteiger partial charge in [-0.25, -0.2) is 0 Å². The minimum atomic E-state index is -0.283. The molecule has 0 aliphatic heterocycles. The van der Waals surface area contributed by atoms with Gasteiger partial charge in [0.1, 0.15) is 5.75 Å². The highest BCUT2D eigenvalue weighted by Gasteiger charge is 2.03. The highest BCUT2D eigenvalue weighted by Crippen LogP contribution is 2.26. The van der Waals surface area contributed by atoms with Crippen LogP contribution >= 0.6 is 34.4 Å². The Kier molecular flexibility index (Phi) is 4.05. The van der Waals surface area contributed by atoms with Crippen molar-refractivity contribution >= 4 is 40.3 Å². The molecule has 0 atom stereocenters. The Bertz CT molecular complexity index is 325. The zero-order valence-electron chi connectivity index (χ0n) is 7.33. The fraction of sp³-hybridized carbons (Fsp3) is 0.222. The van der Waals surface area contributed by atoms with Crippen LogP contribution in [0.5, 0.6) is 5.75 Å². The molecule has 0 N–H and O–H groups in total. The number of hydrogen-bond acceptors (Lipinski definition) is 3. The number of rotatable bonds is 2. The van der Waals surface area contributed by atoms with Gasteiger partial charge in [-0.05, 0) is 47.0 Å². The summed E-state index contributed by atoms with van der Waals surface area (Å²) in [5, 5.41) is 0. The maximum Gasteiger partial charge on any atom is 0.308 e. The number of carbonyl (C=O) groups excluding carboxylic acids is 1. The summed E-state index contributed by atoms with van der Waals surface area (Å²) in [4.78, 5) is 11.9. The molecule has 0 aliphatic rings. The summed E-state index contributed by atoms with van der Waals surface area (Å²) in [6.07, 6.45) is 2.01. The van der Waals surface area contributed by atoms with E-state index in [1.807, 2.05) is 24.5 Å². The number of benzene rings is 1. The van der Waals surface area contributed by atoms with E-state index >= 15 is 0 Å². The number of hydrogen-bond donors (Lipinski definition) is 0. The molecule has 4 heteroatoms. The summed E-state index contributed by atoms with van der Waals surface area (Å²) >= 11 is 3.82. The molecule has 0 saturated heterocycles. The topological polar surface area (TPSA) is 26.3 Å². The Hall–Kier alpha value is -0.230. The first-order valence-corrected chi connectivity index (χ1v) is 5.96. The van der Waals surface area contributed by atoms with Crippen LogP contribution in [0.15, 0.2) is 23.1 Å². The third kappa shape index (κ3) is 3.19. The van der Waals surface area contributed by atoms with Crippen LogP contribution in [0.4, 0.5) is 0 Å². The second-order valence-corrected chi connectivity index (χ2v) is 4.43. The van der Waals surface area contributed by atoms with Gasteiger partial charge in [-0.1, -0.05) is 0 Å².